The molecular formula is C15H15FOS. The standard InChI is InChI=1S/C15H15FOS/c1-11-9-12(7-8-14(11)16)15(17)10-18-13-5-3-2-4-6-13/h2-9,15,17H,10H2,1H3. The van der Waals surface area contributed by atoms with Crippen LogP contribution in [0.25, 0.3) is 0 Å². The first-order chi connectivity index (χ1) is 8.66. The van der Waals surface area contributed by atoms with Crippen LogP contribution in [0.4, 0.5) is 4.39 Å². The van der Waals surface area contributed by atoms with Crippen molar-refractivity contribution in [3.63, 3.8) is 0 Å². The van der Waals surface area contributed by atoms with E-state index in [2.05, 4.69) is 0 Å². The van der Waals surface area contributed by atoms with E-state index in [1.165, 1.54) is 6.07 Å². The van der Waals surface area contributed by atoms with Crippen molar-refractivity contribution in [1.29, 1.82) is 0 Å². The van der Waals surface area contributed by atoms with Gasteiger partial charge >= 0.3 is 0 Å². The fraction of sp³-hybridized carbons (Fsp3) is 0.200. The molecule has 1 atom stereocenters. The Labute approximate surface area is 111 Å². The molecule has 94 valence electrons. The highest BCUT2D eigenvalue weighted by Gasteiger charge is 2.09. The highest BCUT2D eigenvalue weighted by molar-refractivity contribution is 7.99. The van der Waals surface area contributed by atoms with Gasteiger partial charge < -0.3 is 5.11 Å². The Hall–Kier alpha value is -1.32. The second-order valence-electron chi connectivity index (χ2n) is 4.15. The summed E-state index contributed by atoms with van der Waals surface area (Å²) in [6.45, 7) is 1.70. The van der Waals surface area contributed by atoms with Crippen molar-refractivity contribution in [2.75, 3.05) is 5.75 Å². The molecule has 0 aliphatic heterocycles. The quantitative estimate of drug-likeness (QED) is 0.842. The van der Waals surface area contributed by atoms with Gasteiger partial charge in [-0.3, -0.25) is 0 Å². The molecule has 0 aliphatic carbocycles. The SMILES string of the molecule is Cc1cc(C(O)CSc2ccccc2)ccc1F. The van der Waals surface area contributed by atoms with Crippen LogP contribution in [0, 0.1) is 12.7 Å². The minimum absolute atomic E-state index is 0.235. The van der Waals surface area contributed by atoms with Crippen molar-refractivity contribution in [1.82, 2.24) is 0 Å². The number of halogens is 1. The summed E-state index contributed by atoms with van der Waals surface area (Å²) in [6, 6.07) is 14.7. The molecule has 18 heavy (non-hydrogen) atoms. The van der Waals surface area contributed by atoms with Crippen molar-refractivity contribution in [2.24, 2.45) is 0 Å². The summed E-state index contributed by atoms with van der Waals surface area (Å²) in [7, 11) is 0. The summed E-state index contributed by atoms with van der Waals surface area (Å²) >= 11 is 1.59. The lowest BCUT2D eigenvalue weighted by Crippen LogP contribution is -2.01. The maximum absolute atomic E-state index is 13.1. The highest BCUT2D eigenvalue weighted by atomic mass is 32.2. The molecule has 0 radical (unpaired) electrons. The van der Waals surface area contributed by atoms with Gasteiger partial charge in [-0.05, 0) is 36.2 Å². The van der Waals surface area contributed by atoms with E-state index in [1.807, 2.05) is 30.3 Å². The van der Waals surface area contributed by atoms with Gasteiger partial charge in [-0.2, -0.15) is 0 Å². The smallest absolute Gasteiger partial charge is 0.126 e. The first-order valence-corrected chi connectivity index (χ1v) is 6.77. The predicted molar refractivity (Wildman–Crippen MR) is 73.3 cm³/mol. The summed E-state index contributed by atoms with van der Waals surface area (Å²) in [5.74, 6) is 0.330. The van der Waals surface area contributed by atoms with E-state index in [0.717, 1.165) is 10.5 Å². The molecule has 0 fully saturated rings. The van der Waals surface area contributed by atoms with Gasteiger partial charge in [0, 0.05) is 10.6 Å². The summed E-state index contributed by atoms with van der Waals surface area (Å²) in [6.07, 6.45) is -0.575. The number of hydrogen-bond acceptors (Lipinski definition) is 2. The van der Waals surface area contributed by atoms with Crippen LogP contribution in [0.3, 0.4) is 0 Å². The van der Waals surface area contributed by atoms with Crippen LogP contribution in [-0.4, -0.2) is 10.9 Å². The van der Waals surface area contributed by atoms with Crippen LogP contribution in [0.15, 0.2) is 53.4 Å². The molecule has 0 heterocycles. The maximum Gasteiger partial charge on any atom is 0.126 e. The zero-order valence-corrected chi connectivity index (χ0v) is 11.0. The van der Waals surface area contributed by atoms with E-state index < -0.39 is 6.10 Å². The number of benzene rings is 2. The molecular weight excluding hydrogens is 247 g/mol. The number of rotatable bonds is 4. The van der Waals surface area contributed by atoms with Crippen LogP contribution in [0.5, 0.6) is 0 Å². The molecule has 2 aromatic carbocycles. The molecule has 0 aromatic heterocycles. The van der Waals surface area contributed by atoms with Gasteiger partial charge in [0.15, 0.2) is 0 Å². The lowest BCUT2D eigenvalue weighted by molar-refractivity contribution is 0.204. The molecule has 0 spiro atoms. The lowest BCUT2D eigenvalue weighted by Gasteiger charge is -2.11. The number of aliphatic hydroxyl groups excluding tert-OH is 1. The molecule has 0 bridgehead atoms. The first-order valence-electron chi connectivity index (χ1n) is 5.79. The highest BCUT2D eigenvalue weighted by Crippen LogP contribution is 2.25. The average Bonchev–Trinajstić information content (AvgIpc) is 2.40. The Morgan fingerprint density at radius 1 is 1.17 bits per heavy atom. The Morgan fingerprint density at radius 3 is 2.56 bits per heavy atom. The molecule has 0 saturated carbocycles. The monoisotopic (exact) mass is 262 g/mol. The minimum atomic E-state index is -0.575. The van der Waals surface area contributed by atoms with E-state index >= 15 is 0 Å². The number of thioether (sulfide) groups is 1. The Kier molecular flexibility index (Phi) is 4.39. The molecule has 3 heteroatoms. The Balaban J connectivity index is 1.99. The normalized spacial score (nSPS) is 12.4. The van der Waals surface area contributed by atoms with Crippen molar-refractivity contribution in [3.8, 4) is 0 Å². The fourth-order valence-corrected chi connectivity index (χ4v) is 2.56. The van der Waals surface area contributed by atoms with E-state index in [1.54, 1.807) is 30.8 Å². The average molecular weight is 262 g/mol. The van der Waals surface area contributed by atoms with E-state index in [9.17, 15) is 9.50 Å². The van der Waals surface area contributed by atoms with Crippen molar-refractivity contribution in [3.05, 3.63) is 65.5 Å². The second kappa shape index (κ2) is 6.03. The van der Waals surface area contributed by atoms with E-state index in [4.69, 9.17) is 0 Å². The molecule has 0 aliphatic rings. The third-order valence-corrected chi connectivity index (χ3v) is 3.81. The third kappa shape index (κ3) is 3.34. The Morgan fingerprint density at radius 2 is 1.89 bits per heavy atom. The van der Waals surface area contributed by atoms with Gasteiger partial charge in [0.05, 0.1) is 6.10 Å². The van der Waals surface area contributed by atoms with E-state index in [0.29, 0.717) is 11.3 Å². The van der Waals surface area contributed by atoms with Gasteiger partial charge in [0.2, 0.25) is 0 Å². The number of aryl methyl sites for hydroxylation is 1. The van der Waals surface area contributed by atoms with Crippen LogP contribution < -0.4 is 0 Å². The van der Waals surface area contributed by atoms with Crippen molar-refractivity contribution < 1.29 is 9.50 Å². The Bertz CT molecular complexity index is 513. The zero-order valence-electron chi connectivity index (χ0n) is 10.1. The minimum Gasteiger partial charge on any atom is -0.388 e. The topological polar surface area (TPSA) is 20.2 Å². The largest absolute Gasteiger partial charge is 0.388 e. The van der Waals surface area contributed by atoms with Gasteiger partial charge in [-0.1, -0.05) is 30.3 Å². The lowest BCUT2D eigenvalue weighted by atomic mass is 10.1. The molecule has 0 amide bonds. The molecule has 1 unspecified atom stereocenters. The van der Waals surface area contributed by atoms with Crippen molar-refractivity contribution in [2.45, 2.75) is 17.9 Å². The summed E-state index contributed by atoms with van der Waals surface area (Å²) < 4.78 is 13.1. The summed E-state index contributed by atoms with van der Waals surface area (Å²) in [5.41, 5.74) is 1.33. The van der Waals surface area contributed by atoms with Gasteiger partial charge in [0.1, 0.15) is 5.82 Å². The molecule has 1 N–H and O–H groups in total. The fourth-order valence-electron chi connectivity index (χ4n) is 1.66. The van der Waals surface area contributed by atoms with Crippen molar-refractivity contribution >= 4 is 11.8 Å². The zero-order chi connectivity index (χ0) is 13.0. The molecule has 0 saturated heterocycles. The van der Waals surface area contributed by atoms with Gasteiger partial charge in [-0.15, -0.1) is 11.8 Å². The summed E-state index contributed by atoms with van der Waals surface area (Å²) in [4.78, 5) is 1.12. The van der Waals surface area contributed by atoms with Crippen LogP contribution in [-0.2, 0) is 0 Å². The maximum atomic E-state index is 13.1. The van der Waals surface area contributed by atoms with Gasteiger partial charge in [0.25, 0.3) is 0 Å². The molecule has 1 nitrogen and oxygen atoms in total. The summed E-state index contributed by atoms with van der Waals surface area (Å²) in [5, 5.41) is 10.1. The first kappa shape index (κ1) is 13.1. The second-order valence-corrected chi connectivity index (χ2v) is 5.24. The molecule has 2 aromatic rings. The van der Waals surface area contributed by atoms with Gasteiger partial charge in [-0.25, -0.2) is 4.39 Å². The third-order valence-electron chi connectivity index (χ3n) is 2.72. The number of aliphatic hydroxyl groups is 1. The van der Waals surface area contributed by atoms with Crippen LogP contribution >= 0.6 is 11.8 Å². The van der Waals surface area contributed by atoms with Crippen LogP contribution in [0.1, 0.15) is 17.2 Å². The molecule has 2 rings (SSSR count). The van der Waals surface area contributed by atoms with Crippen LogP contribution in [0.2, 0.25) is 0 Å². The predicted octanol–water partition coefficient (Wildman–Crippen LogP) is 3.96. The number of hydrogen-bond donors (Lipinski definition) is 1. The van der Waals surface area contributed by atoms with E-state index in [-0.39, 0.29) is 5.82 Å².